The summed E-state index contributed by atoms with van der Waals surface area (Å²) in [5.74, 6) is 0.924. The molecule has 0 radical (unpaired) electrons. The molecule has 3 heterocycles. The first-order valence-electron chi connectivity index (χ1n) is 8.80. The van der Waals surface area contributed by atoms with Crippen molar-refractivity contribution in [2.45, 2.75) is 25.9 Å². The van der Waals surface area contributed by atoms with E-state index < -0.39 is 6.10 Å². The lowest BCUT2D eigenvalue weighted by Gasteiger charge is -2.23. The zero-order valence-corrected chi connectivity index (χ0v) is 14.6. The molecule has 7 nitrogen and oxygen atoms in total. The molecule has 1 amide bonds. The van der Waals surface area contributed by atoms with Crippen LogP contribution < -0.4 is 0 Å². The van der Waals surface area contributed by atoms with Crippen molar-refractivity contribution >= 4 is 5.91 Å². The molecule has 0 saturated carbocycles. The second-order valence-electron chi connectivity index (χ2n) is 7.20. The highest BCUT2D eigenvalue weighted by Crippen LogP contribution is 2.22. The third-order valence-electron chi connectivity index (χ3n) is 5.07. The van der Waals surface area contributed by atoms with E-state index in [0.717, 1.165) is 44.1 Å². The number of β-amino-alcohol motifs (C(OH)–C–C–N with tert-alkyl or cyclic N) is 1. The number of likely N-dealkylation sites (tertiary alicyclic amines) is 1. The van der Waals surface area contributed by atoms with Gasteiger partial charge in [-0.2, -0.15) is 0 Å². The maximum Gasteiger partial charge on any atom is 0.236 e. The highest BCUT2D eigenvalue weighted by atomic mass is 16.5. The topological polar surface area (TPSA) is 73.1 Å². The first-order chi connectivity index (χ1) is 11.5. The predicted octanol–water partition coefficient (Wildman–Crippen LogP) is -0.0177. The van der Waals surface area contributed by atoms with Gasteiger partial charge in [-0.3, -0.25) is 9.69 Å². The molecule has 0 aliphatic carbocycles. The Bertz CT molecular complexity index is 562. The molecule has 134 valence electrons. The molecule has 24 heavy (non-hydrogen) atoms. The summed E-state index contributed by atoms with van der Waals surface area (Å²) in [4.78, 5) is 18.9. The number of aliphatic hydroxyl groups excluding tert-OH is 1. The van der Waals surface area contributed by atoms with E-state index in [1.165, 1.54) is 0 Å². The summed E-state index contributed by atoms with van der Waals surface area (Å²) in [6, 6.07) is 1.89. The summed E-state index contributed by atoms with van der Waals surface area (Å²) in [7, 11) is 2.12. The lowest BCUT2D eigenvalue weighted by molar-refractivity contribution is -0.131. The summed E-state index contributed by atoms with van der Waals surface area (Å²) in [6.07, 6.45) is 1.23. The molecule has 1 N–H and O–H groups in total. The summed E-state index contributed by atoms with van der Waals surface area (Å²) < 4.78 is 5.24. The SMILES string of the molecule is Cc1cc(C[C@@H]2CN(C(=O)CN3CCCN(C)CC3)C[C@H]2O)on1. The minimum absolute atomic E-state index is 0.0246. The molecule has 0 unspecified atom stereocenters. The van der Waals surface area contributed by atoms with Crippen LogP contribution in [0.4, 0.5) is 0 Å². The van der Waals surface area contributed by atoms with Crippen LogP contribution in [0.1, 0.15) is 17.9 Å². The van der Waals surface area contributed by atoms with Gasteiger partial charge in [0.25, 0.3) is 0 Å². The van der Waals surface area contributed by atoms with Crippen molar-refractivity contribution in [1.82, 2.24) is 19.9 Å². The molecule has 2 aliphatic heterocycles. The number of likely N-dealkylation sites (N-methyl/N-ethyl adjacent to an activating group) is 1. The van der Waals surface area contributed by atoms with Crippen LogP contribution in [0.5, 0.6) is 0 Å². The summed E-state index contributed by atoms with van der Waals surface area (Å²) in [5, 5.41) is 14.2. The lowest BCUT2D eigenvalue weighted by Crippen LogP contribution is -2.41. The number of hydrogen-bond donors (Lipinski definition) is 1. The lowest BCUT2D eigenvalue weighted by atomic mass is 10.0. The fourth-order valence-electron chi connectivity index (χ4n) is 3.58. The van der Waals surface area contributed by atoms with E-state index in [9.17, 15) is 9.90 Å². The molecule has 0 aromatic carbocycles. The van der Waals surface area contributed by atoms with Crippen LogP contribution in [0.3, 0.4) is 0 Å². The number of carbonyl (C=O) groups excluding carboxylic acids is 1. The number of rotatable bonds is 4. The van der Waals surface area contributed by atoms with Gasteiger partial charge in [-0.15, -0.1) is 0 Å². The van der Waals surface area contributed by atoms with Gasteiger partial charge in [-0.25, -0.2) is 0 Å². The monoisotopic (exact) mass is 336 g/mol. The molecule has 1 aromatic heterocycles. The van der Waals surface area contributed by atoms with Crippen LogP contribution >= 0.6 is 0 Å². The first-order valence-corrected chi connectivity index (χ1v) is 8.80. The molecule has 0 spiro atoms. The summed E-state index contributed by atoms with van der Waals surface area (Å²) in [6.45, 7) is 7.33. The average Bonchev–Trinajstić information content (AvgIpc) is 3.04. The zero-order valence-electron chi connectivity index (χ0n) is 14.6. The normalized spacial score (nSPS) is 26.7. The Kier molecular flexibility index (Phi) is 5.53. The predicted molar refractivity (Wildman–Crippen MR) is 89.6 cm³/mol. The number of carbonyl (C=O) groups is 1. The standard InChI is InChI=1S/C17H28N4O3/c1-13-8-15(24-18-13)9-14-10-21(11-16(14)22)17(23)12-20-5-3-4-19(2)6-7-20/h8,14,16,22H,3-7,9-12H2,1-2H3/t14-,16-/m1/s1. The second-order valence-corrected chi connectivity index (χ2v) is 7.20. The smallest absolute Gasteiger partial charge is 0.236 e. The molecule has 3 rings (SSSR count). The van der Waals surface area contributed by atoms with Gasteiger partial charge >= 0.3 is 0 Å². The number of aromatic nitrogens is 1. The van der Waals surface area contributed by atoms with Crippen molar-refractivity contribution < 1.29 is 14.4 Å². The zero-order chi connectivity index (χ0) is 17.1. The van der Waals surface area contributed by atoms with E-state index in [1.807, 2.05) is 13.0 Å². The number of aliphatic hydroxyl groups is 1. The van der Waals surface area contributed by atoms with Crippen molar-refractivity contribution in [3.63, 3.8) is 0 Å². The van der Waals surface area contributed by atoms with Gasteiger partial charge in [0.2, 0.25) is 5.91 Å². The van der Waals surface area contributed by atoms with Crippen molar-refractivity contribution in [2.75, 3.05) is 52.9 Å². The van der Waals surface area contributed by atoms with E-state index in [1.54, 1.807) is 4.90 Å². The Morgan fingerprint density at radius 1 is 1.33 bits per heavy atom. The fraction of sp³-hybridized carbons (Fsp3) is 0.765. The largest absolute Gasteiger partial charge is 0.391 e. The van der Waals surface area contributed by atoms with E-state index in [0.29, 0.717) is 26.1 Å². The highest BCUT2D eigenvalue weighted by Gasteiger charge is 2.35. The van der Waals surface area contributed by atoms with Crippen molar-refractivity contribution in [2.24, 2.45) is 5.92 Å². The quantitative estimate of drug-likeness (QED) is 0.833. The van der Waals surface area contributed by atoms with Crippen LogP contribution in [0.15, 0.2) is 10.6 Å². The molecule has 2 saturated heterocycles. The molecular weight excluding hydrogens is 308 g/mol. The van der Waals surface area contributed by atoms with E-state index >= 15 is 0 Å². The molecule has 2 aliphatic rings. The van der Waals surface area contributed by atoms with Crippen LogP contribution in [0, 0.1) is 12.8 Å². The maximum absolute atomic E-state index is 12.6. The van der Waals surface area contributed by atoms with Gasteiger partial charge in [0.05, 0.1) is 18.3 Å². The van der Waals surface area contributed by atoms with Crippen molar-refractivity contribution in [3.8, 4) is 0 Å². The number of nitrogens with zero attached hydrogens (tertiary/aromatic N) is 4. The van der Waals surface area contributed by atoms with Crippen LogP contribution in [-0.4, -0.2) is 89.8 Å². The van der Waals surface area contributed by atoms with E-state index in [2.05, 4.69) is 22.0 Å². The van der Waals surface area contributed by atoms with E-state index in [-0.39, 0.29) is 11.8 Å². The van der Waals surface area contributed by atoms with Crippen LogP contribution in [0.2, 0.25) is 0 Å². The molecule has 2 fully saturated rings. The maximum atomic E-state index is 12.6. The Morgan fingerprint density at radius 2 is 2.17 bits per heavy atom. The number of hydrogen-bond acceptors (Lipinski definition) is 6. The molecular formula is C17H28N4O3. The van der Waals surface area contributed by atoms with E-state index in [4.69, 9.17) is 4.52 Å². The van der Waals surface area contributed by atoms with Gasteiger partial charge in [-0.05, 0) is 33.5 Å². The minimum atomic E-state index is -0.491. The molecule has 7 heteroatoms. The summed E-state index contributed by atoms with van der Waals surface area (Å²) in [5.41, 5.74) is 0.844. The molecule has 1 aromatic rings. The summed E-state index contributed by atoms with van der Waals surface area (Å²) >= 11 is 0. The van der Waals surface area contributed by atoms with Crippen LogP contribution in [0.25, 0.3) is 0 Å². The Hall–Kier alpha value is -1.44. The van der Waals surface area contributed by atoms with Crippen molar-refractivity contribution in [3.05, 3.63) is 17.5 Å². The van der Waals surface area contributed by atoms with Gasteiger partial charge in [-0.1, -0.05) is 5.16 Å². The van der Waals surface area contributed by atoms with Gasteiger partial charge in [0, 0.05) is 44.6 Å². The third-order valence-corrected chi connectivity index (χ3v) is 5.07. The van der Waals surface area contributed by atoms with Gasteiger partial charge in [0.1, 0.15) is 5.76 Å². The first kappa shape index (κ1) is 17.4. The Labute approximate surface area is 143 Å². The van der Waals surface area contributed by atoms with Crippen molar-refractivity contribution in [1.29, 1.82) is 0 Å². The van der Waals surface area contributed by atoms with Gasteiger partial charge < -0.3 is 19.4 Å². The fourth-order valence-corrected chi connectivity index (χ4v) is 3.58. The second kappa shape index (κ2) is 7.63. The minimum Gasteiger partial charge on any atom is -0.391 e. The average molecular weight is 336 g/mol. The highest BCUT2D eigenvalue weighted by molar-refractivity contribution is 5.78. The van der Waals surface area contributed by atoms with Gasteiger partial charge in [0.15, 0.2) is 0 Å². The Morgan fingerprint density at radius 3 is 2.92 bits per heavy atom. The van der Waals surface area contributed by atoms with Crippen LogP contribution in [-0.2, 0) is 11.2 Å². The number of aryl methyl sites for hydroxylation is 1. The molecule has 0 bridgehead atoms. The third kappa shape index (κ3) is 4.34. The molecule has 2 atom stereocenters. The Balaban J connectivity index is 1.51. The number of amides is 1.